The molecule has 11 nitrogen and oxygen atoms in total. The van der Waals surface area contributed by atoms with Crippen LogP contribution in [0.1, 0.15) is 45.4 Å². The Balaban J connectivity index is 2.40. The van der Waals surface area contributed by atoms with Gasteiger partial charge in [-0.25, -0.2) is 0 Å². The van der Waals surface area contributed by atoms with E-state index in [1.54, 1.807) is 0 Å². The second kappa shape index (κ2) is 11.7. The van der Waals surface area contributed by atoms with Crippen molar-refractivity contribution in [2.24, 2.45) is 0 Å². The van der Waals surface area contributed by atoms with Gasteiger partial charge in [-0.2, -0.15) is 0 Å². The molecular formula is C17H25N5O6. The van der Waals surface area contributed by atoms with Gasteiger partial charge in [0.2, 0.25) is 17.7 Å². The van der Waals surface area contributed by atoms with Crippen LogP contribution in [0.2, 0.25) is 0 Å². The predicted octanol–water partition coefficient (Wildman–Crippen LogP) is -2.04. The monoisotopic (exact) mass is 395 g/mol. The van der Waals surface area contributed by atoms with Gasteiger partial charge in [0.1, 0.15) is 0 Å². The Kier molecular flexibility index (Phi) is 9.61. The topological polar surface area (TPSA) is 154 Å². The van der Waals surface area contributed by atoms with Crippen LogP contribution in [0.15, 0.2) is 0 Å². The van der Waals surface area contributed by atoms with E-state index in [4.69, 9.17) is 0 Å². The lowest BCUT2D eigenvalue weighted by Gasteiger charge is -2.30. The van der Waals surface area contributed by atoms with Gasteiger partial charge < -0.3 is 21.3 Å². The highest BCUT2D eigenvalue weighted by molar-refractivity contribution is 6.02. The van der Waals surface area contributed by atoms with Crippen LogP contribution in [0.5, 0.6) is 0 Å². The molecule has 1 fully saturated rings. The van der Waals surface area contributed by atoms with Crippen molar-refractivity contribution in [1.29, 1.82) is 0 Å². The minimum atomic E-state index is -1.65. The zero-order chi connectivity index (χ0) is 21.0. The molecule has 11 heteroatoms. The molecule has 0 saturated carbocycles. The molecule has 1 heterocycles. The predicted molar refractivity (Wildman–Crippen MR) is 96.5 cm³/mol. The first-order valence-electron chi connectivity index (χ1n) is 9.07. The van der Waals surface area contributed by atoms with Crippen molar-refractivity contribution in [3.05, 3.63) is 0 Å². The van der Waals surface area contributed by atoms with Crippen molar-refractivity contribution in [3.8, 4) is 0 Å². The zero-order valence-corrected chi connectivity index (χ0v) is 15.8. The van der Waals surface area contributed by atoms with Crippen LogP contribution in [-0.2, 0) is 28.8 Å². The van der Waals surface area contributed by atoms with Crippen LogP contribution in [0.4, 0.5) is 0 Å². The first-order valence-corrected chi connectivity index (χ1v) is 9.07. The zero-order valence-electron chi connectivity index (χ0n) is 15.8. The van der Waals surface area contributed by atoms with E-state index in [1.165, 1.54) is 12.8 Å². The molecule has 1 saturated heterocycles. The van der Waals surface area contributed by atoms with Crippen molar-refractivity contribution in [1.82, 2.24) is 26.2 Å². The van der Waals surface area contributed by atoms with E-state index in [9.17, 15) is 28.8 Å². The summed E-state index contributed by atoms with van der Waals surface area (Å²) >= 11 is 0. The number of carbonyl (C=O) groups excluding carboxylic acids is 6. The first kappa shape index (κ1) is 23.1. The molecular weight excluding hydrogens is 370 g/mol. The Labute approximate surface area is 163 Å². The second-order valence-corrected chi connectivity index (χ2v) is 6.26. The quantitative estimate of drug-likeness (QED) is 0.115. The first-order chi connectivity index (χ1) is 13.4. The molecule has 0 aliphatic carbocycles. The van der Waals surface area contributed by atoms with Gasteiger partial charge in [0.05, 0.1) is 0 Å². The fourth-order valence-corrected chi connectivity index (χ4v) is 2.70. The van der Waals surface area contributed by atoms with Crippen molar-refractivity contribution in [3.63, 3.8) is 0 Å². The Morgan fingerprint density at radius 3 is 2.14 bits per heavy atom. The second-order valence-electron chi connectivity index (χ2n) is 6.26. The molecule has 0 unspecified atom stereocenters. The molecule has 6 amide bonds. The standard InChI is InChI=1S/C17H25N5O6/c1-2-3-7-17(20-11-23,21-12-24)16(28)19-9-8-18-13(25)6-10-22-14(26)4-5-15(22)27/h2-10H2,1H3,(H,18,25)(H,19,28)(H,20,23)(H,21,24). The number of hydrogen-bond acceptors (Lipinski definition) is 6. The van der Waals surface area contributed by atoms with Gasteiger partial charge in [0.25, 0.3) is 5.91 Å². The number of amides is 6. The molecule has 154 valence electrons. The summed E-state index contributed by atoms with van der Waals surface area (Å²) in [7, 11) is 0. The number of likely N-dealkylation sites (tertiary alicyclic amines) is 1. The summed E-state index contributed by atoms with van der Waals surface area (Å²) in [4.78, 5) is 69.6. The summed E-state index contributed by atoms with van der Waals surface area (Å²) in [6, 6.07) is 0. The normalized spacial score (nSPS) is 13.8. The summed E-state index contributed by atoms with van der Waals surface area (Å²) in [6.07, 6.45) is 4.58. The fraction of sp³-hybridized carbons (Fsp3) is 0.647. The summed E-state index contributed by atoms with van der Waals surface area (Å²) in [5.74, 6) is -1.60. The molecule has 0 aromatic rings. The average Bonchev–Trinajstić information content (AvgIpc) is 2.99. The molecule has 28 heavy (non-hydrogen) atoms. The number of nitrogens with zero attached hydrogens (tertiary/aromatic N) is 1. The molecule has 0 bridgehead atoms. The maximum Gasteiger partial charge on any atom is 0.311 e. The van der Waals surface area contributed by atoms with Gasteiger partial charge in [0, 0.05) is 38.9 Å². The van der Waals surface area contributed by atoms with E-state index < -0.39 is 11.6 Å². The van der Waals surface area contributed by atoms with Gasteiger partial charge in [-0.1, -0.05) is 13.3 Å². The van der Waals surface area contributed by atoms with Gasteiger partial charge >= 0.3 is 12.8 Å². The van der Waals surface area contributed by atoms with Crippen molar-refractivity contribution >= 4 is 36.4 Å². The molecule has 0 spiro atoms. The van der Waals surface area contributed by atoms with Crippen LogP contribution in [-0.4, -0.2) is 66.6 Å². The maximum atomic E-state index is 12.4. The Bertz CT molecular complexity index is 583. The molecule has 0 aromatic heterocycles. The van der Waals surface area contributed by atoms with E-state index >= 15 is 0 Å². The highest BCUT2D eigenvalue weighted by Crippen LogP contribution is 2.12. The third kappa shape index (κ3) is 6.63. The van der Waals surface area contributed by atoms with E-state index in [0.717, 1.165) is 11.3 Å². The van der Waals surface area contributed by atoms with Crippen LogP contribution in [0.3, 0.4) is 0 Å². The summed E-state index contributed by atoms with van der Waals surface area (Å²) in [6.45, 7) is 2.04. The van der Waals surface area contributed by atoms with E-state index in [1.807, 2.05) is 6.92 Å². The molecule has 1 aliphatic rings. The Morgan fingerprint density at radius 1 is 1.04 bits per heavy atom. The number of hydrogen-bond donors (Lipinski definition) is 4. The minimum absolute atomic E-state index is 0.0220. The van der Waals surface area contributed by atoms with Crippen LogP contribution >= 0.6 is 0 Å². The van der Waals surface area contributed by atoms with E-state index in [2.05, 4.69) is 21.3 Å². The number of rotatable bonds is 14. The van der Waals surface area contributed by atoms with Gasteiger partial charge in [-0.05, 0) is 12.8 Å². The third-order valence-corrected chi connectivity index (χ3v) is 4.27. The smallest absolute Gasteiger partial charge is 0.311 e. The van der Waals surface area contributed by atoms with Crippen molar-refractivity contribution in [2.45, 2.75) is 51.1 Å². The summed E-state index contributed by atoms with van der Waals surface area (Å²) in [5, 5.41) is 9.45. The Morgan fingerprint density at radius 2 is 1.61 bits per heavy atom. The maximum absolute atomic E-state index is 12.4. The van der Waals surface area contributed by atoms with Gasteiger partial charge in [0.15, 0.2) is 5.66 Å². The van der Waals surface area contributed by atoms with Crippen LogP contribution < -0.4 is 21.3 Å². The molecule has 1 rings (SSSR count). The number of imide groups is 1. The summed E-state index contributed by atoms with van der Waals surface area (Å²) in [5.41, 5.74) is -1.65. The number of unbranched alkanes of at least 4 members (excludes halogenated alkanes) is 1. The van der Waals surface area contributed by atoms with Crippen LogP contribution in [0.25, 0.3) is 0 Å². The summed E-state index contributed by atoms with van der Waals surface area (Å²) < 4.78 is 0. The highest BCUT2D eigenvalue weighted by atomic mass is 16.2. The SMILES string of the molecule is CCCCC(N[C]=O)(N[C]=O)C(=O)NCCNC(=O)CCN1C(=O)CCC1=O. The highest BCUT2D eigenvalue weighted by Gasteiger charge is 2.37. The largest absolute Gasteiger partial charge is 0.354 e. The lowest BCUT2D eigenvalue weighted by atomic mass is 10.0. The molecule has 1 aliphatic heterocycles. The fourth-order valence-electron chi connectivity index (χ4n) is 2.70. The lowest BCUT2D eigenvalue weighted by molar-refractivity contribution is -0.138. The van der Waals surface area contributed by atoms with E-state index in [0.29, 0.717) is 6.42 Å². The average molecular weight is 395 g/mol. The Hall–Kier alpha value is -2.98. The van der Waals surface area contributed by atoms with Gasteiger partial charge in [-0.15, -0.1) is 0 Å². The van der Waals surface area contributed by atoms with E-state index in [-0.39, 0.29) is 63.0 Å². The minimum Gasteiger partial charge on any atom is -0.354 e. The van der Waals surface area contributed by atoms with Gasteiger partial charge in [-0.3, -0.25) is 33.7 Å². The lowest BCUT2D eigenvalue weighted by Crippen LogP contribution is -2.65. The van der Waals surface area contributed by atoms with Crippen molar-refractivity contribution < 1.29 is 28.8 Å². The van der Waals surface area contributed by atoms with Crippen molar-refractivity contribution in [2.75, 3.05) is 19.6 Å². The number of nitrogens with one attached hydrogen (secondary N) is 4. The molecule has 4 N–H and O–H groups in total. The molecule has 0 atom stereocenters. The number of carbonyl (C=O) groups is 4. The molecule has 0 aromatic carbocycles. The third-order valence-electron chi connectivity index (χ3n) is 4.27. The van der Waals surface area contributed by atoms with Crippen LogP contribution in [0, 0.1) is 0 Å². The molecule has 2 radical (unpaired) electrons.